The number of rotatable bonds is 3. The van der Waals surface area contributed by atoms with Crippen molar-refractivity contribution < 1.29 is 9.84 Å². The fourth-order valence-corrected chi connectivity index (χ4v) is 2.85. The zero-order chi connectivity index (χ0) is 9.53. The molecule has 0 amide bonds. The summed E-state index contributed by atoms with van der Waals surface area (Å²) in [5.41, 5.74) is -0.138. The molecule has 0 spiro atoms. The number of aliphatic hydroxyl groups excluding tert-OH is 1. The molecular formula is C11H20O2. The van der Waals surface area contributed by atoms with Gasteiger partial charge in [-0.2, -0.15) is 0 Å². The molecule has 3 atom stereocenters. The summed E-state index contributed by atoms with van der Waals surface area (Å²) in [5.74, 6) is 0. The maximum absolute atomic E-state index is 9.94. The summed E-state index contributed by atoms with van der Waals surface area (Å²) < 4.78 is 5.82. The Morgan fingerprint density at radius 1 is 1.54 bits per heavy atom. The van der Waals surface area contributed by atoms with Gasteiger partial charge in [0.25, 0.3) is 0 Å². The summed E-state index contributed by atoms with van der Waals surface area (Å²) >= 11 is 0. The molecule has 13 heavy (non-hydrogen) atoms. The summed E-state index contributed by atoms with van der Waals surface area (Å²) in [7, 11) is 0. The second-order valence-electron chi connectivity index (χ2n) is 4.73. The molecule has 76 valence electrons. The van der Waals surface area contributed by atoms with Gasteiger partial charge in [-0.15, -0.1) is 0 Å². The van der Waals surface area contributed by atoms with E-state index < -0.39 is 0 Å². The van der Waals surface area contributed by atoms with Gasteiger partial charge in [-0.25, -0.2) is 0 Å². The van der Waals surface area contributed by atoms with Crippen LogP contribution in [0, 0.1) is 0 Å². The van der Waals surface area contributed by atoms with Gasteiger partial charge in [-0.1, -0.05) is 19.8 Å². The number of aliphatic hydroxyl groups is 1. The van der Waals surface area contributed by atoms with E-state index in [0.717, 1.165) is 25.7 Å². The molecule has 2 fully saturated rings. The molecule has 1 aliphatic heterocycles. The van der Waals surface area contributed by atoms with Crippen LogP contribution in [0.4, 0.5) is 0 Å². The first-order valence-corrected chi connectivity index (χ1v) is 5.53. The third-order valence-electron chi connectivity index (χ3n) is 3.83. The minimum absolute atomic E-state index is 0.0137. The third kappa shape index (κ3) is 1.23. The standard InChI is InChI=1S/C11H20O2/c1-3-4-8-11-9(12)6-5-7-10(11,2)13-11/h9,12H,3-8H2,1-2H3/t9-,10+,11-/m1/s1. The average molecular weight is 184 g/mol. The number of hydrogen-bond donors (Lipinski definition) is 1. The van der Waals surface area contributed by atoms with E-state index in [9.17, 15) is 5.11 Å². The number of hydrogen-bond acceptors (Lipinski definition) is 2. The molecule has 2 nitrogen and oxygen atoms in total. The molecule has 0 radical (unpaired) electrons. The van der Waals surface area contributed by atoms with Crippen molar-refractivity contribution in [2.24, 2.45) is 0 Å². The van der Waals surface area contributed by atoms with Gasteiger partial charge in [0.05, 0.1) is 11.7 Å². The highest BCUT2D eigenvalue weighted by molar-refractivity contribution is 5.19. The van der Waals surface area contributed by atoms with E-state index in [-0.39, 0.29) is 17.3 Å². The van der Waals surface area contributed by atoms with Gasteiger partial charge >= 0.3 is 0 Å². The Labute approximate surface area is 80.3 Å². The molecule has 0 aromatic heterocycles. The molecule has 0 unspecified atom stereocenters. The Bertz CT molecular complexity index is 204. The predicted octanol–water partition coefficient (Wildman–Crippen LogP) is 2.25. The van der Waals surface area contributed by atoms with Gasteiger partial charge in [-0.05, 0) is 32.6 Å². The van der Waals surface area contributed by atoms with Crippen molar-refractivity contribution in [2.75, 3.05) is 0 Å². The van der Waals surface area contributed by atoms with Crippen LogP contribution in [-0.2, 0) is 4.74 Å². The first-order valence-electron chi connectivity index (χ1n) is 5.53. The topological polar surface area (TPSA) is 32.8 Å². The molecule has 2 aliphatic rings. The van der Waals surface area contributed by atoms with Crippen LogP contribution in [-0.4, -0.2) is 22.4 Å². The van der Waals surface area contributed by atoms with E-state index in [4.69, 9.17) is 4.74 Å². The van der Waals surface area contributed by atoms with Gasteiger partial charge < -0.3 is 9.84 Å². The molecule has 0 bridgehead atoms. The van der Waals surface area contributed by atoms with Crippen LogP contribution in [0.25, 0.3) is 0 Å². The van der Waals surface area contributed by atoms with Crippen LogP contribution >= 0.6 is 0 Å². The Morgan fingerprint density at radius 2 is 2.31 bits per heavy atom. The monoisotopic (exact) mass is 184 g/mol. The Hall–Kier alpha value is -0.0800. The van der Waals surface area contributed by atoms with Gasteiger partial charge in [0.15, 0.2) is 0 Å². The number of unbranched alkanes of at least 4 members (excludes halogenated alkanes) is 1. The average Bonchev–Trinajstić information content (AvgIpc) is 2.71. The van der Waals surface area contributed by atoms with Crippen molar-refractivity contribution in [1.82, 2.24) is 0 Å². The van der Waals surface area contributed by atoms with Crippen LogP contribution in [0.1, 0.15) is 52.4 Å². The van der Waals surface area contributed by atoms with Crippen LogP contribution in [0.5, 0.6) is 0 Å². The van der Waals surface area contributed by atoms with Crippen molar-refractivity contribution in [3.63, 3.8) is 0 Å². The lowest BCUT2D eigenvalue weighted by molar-refractivity contribution is 0.0565. The fourth-order valence-electron chi connectivity index (χ4n) is 2.85. The zero-order valence-corrected chi connectivity index (χ0v) is 8.68. The minimum atomic E-state index is -0.210. The summed E-state index contributed by atoms with van der Waals surface area (Å²) in [6, 6.07) is 0. The lowest BCUT2D eigenvalue weighted by Crippen LogP contribution is -2.40. The first kappa shape index (κ1) is 9.47. The molecule has 2 rings (SSSR count). The van der Waals surface area contributed by atoms with Crippen LogP contribution in [0.2, 0.25) is 0 Å². The van der Waals surface area contributed by atoms with E-state index in [1.807, 2.05) is 0 Å². The van der Waals surface area contributed by atoms with Gasteiger partial charge in [0.2, 0.25) is 0 Å². The third-order valence-corrected chi connectivity index (χ3v) is 3.83. The van der Waals surface area contributed by atoms with Crippen molar-refractivity contribution in [2.45, 2.75) is 69.7 Å². The SMILES string of the molecule is CCCC[C@]12O[C@@]1(C)CCC[C@H]2O. The van der Waals surface area contributed by atoms with E-state index in [1.165, 1.54) is 12.8 Å². The number of fused-ring (bicyclic) bond motifs is 1. The Morgan fingerprint density at radius 3 is 2.92 bits per heavy atom. The highest BCUT2D eigenvalue weighted by Gasteiger charge is 2.70. The maximum Gasteiger partial charge on any atom is 0.123 e. The predicted molar refractivity (Wildman–Crippen MR) is 51.6 cm³/mol. The number of epoxide rings is 1. The lowest BCUT2D eigenvalue weighted by atomic mass is 9.76. The van der Waals surface area contributed by atoms with E-state index >= 15 is 0 Å². The molecule has 0 aromatic rings. The second-order valence-corrected chi connectivity index (χ2v) is 4.73. The molecule has 0 aromatic carbocycles. The quantitative estimate of drug-likeness (QED) is 0.682. The minimum Gasteiger partial charge on any atom is -0.390 e. The Kier molecular flexibility index (Phi) is 2.16. The van der Waals surface area contributed by atoms with E-state index in [2.05, 4.69) is 13.8 Å². The second kappa shape index (κ2) is 2.96. The van der Waals surface area contributed by atoms with Crippen molar-refractivity contribution in [1.29, 1.82) is 0 Å². The summed E-state index contributed by atoms with van der Waals surface area (Å²) in [4.78, 5) is 0. The lowest BCUT2D eigenvalue weighted by Gasteiger charge is -2.27. The number of ether oxygens (including phenoxy) is 1. The van der Waals surface area contributed by atoms with E-state index in [1.54, 1.807) is 0 Å². The molecule has 1 N–H and O–H groups in total. The smallest absolute Gasteiger partial charge is 0.123 e. The van der Waals surface area contributed by atoms with Crippen LogP contribution in [0.15, 0.2) is 0 Å². The maximum atomic E-state index is 9.94. The fraction of sp³-hybridized carbons (Fsp3) is 1.00. The largest absolute Gasteiger partial charge is 0.390 e. The zero-order valence-electron chi connectivity index (χ0n) is 8.68. The molecule has 1 saturated heterocycles. The van der Waals surface area contributed by atoms with Gasteiger partial charge in [0.1, 0.15) is 5.60 Å². The first-order chi connectivity index (χ1) is 6.15. The summed E-state index contributed by atoms with van der Waals surface area (Å²) in [6.07, 6.45) is 6.37. The Balaban J connectivity index is 2.04. The van der Waals surface area contributed by atoms with Crippen molar-refractivity contribution in [3.05, 3.63) is 0 Å². The summed E-state index contributed by atoms with van der Waals surface area (Å²) in [6.45, 7) is 4.34. The van der Waals surface area contributed by atoms with Crippen LogP contribution in [0.3, 0.4) is 0 Å². The molecular weight excluding hydrogens is 164 g/mol. The molecule has 1 heterocycles. The highest BCUT2D eigenvalue weighted by Crippen LogP contribution is 2.59. The van der Waals surface area contributed by atoms with Gasteiger partial charge in [-0.3, -0.25) is 0 Å². The normalized spacial score (nSPS) is 48.7. The van der Waals surface area contributed by atoms with E-state index in [0.29, 0.717) is 0 Å². The van der Waals surface area contributed by atoms with Crippen LogP contribution < -0.4 is 0 Å². The van der Waals surface area contributed by atoms with Crippen molar-refractivity contribution in [3.8, 4) is 0 Å². The van der Waals surface area contributed by atoms with Gasteiger partial charge in [0, 0.05) is 0 Å². The molecule has 1 aliphatic carbocycles. The summed E-state index contributed by atoms with van der Waals surface area (Å²) in [5, 5.41) is 9.94. The molecule has 1 saturated carbocycles. The molecule has 2 heteroatoms. The highest BCUT2D eigenvalue weighted by atomic mass is 16.6. The van der Waals surface area contributed by atoms with Crippen molar-refractivity contribution >= 4 is 0 Å².